The number of benzene rings is 1. The van der Waals surface area contributed by atoms with Gasteiger partial charge in [0.15, 0.2) is 11.5 Å². The molecule has 2 aliphatic rings. The topological polar surface area (TPSA) is 53.7 Å². The normalized spacial score (nSPS) is 19.3. The molecule has 0 radical (unpaired) electrons. The molecule has 112 valence electrons. The number of halogens is 1. The number of ether oxygens (including phenoxy) is 3. The van der Waals surface area contributed by atoms with E-state index >= 15 is 0 Å². The van der Waals surface area contributed by atoms with Crippen LogP contribution in [0.5, 0.6) is 17.2 Å². The lowest BCUT2D eigenvalue weighted by atomic mass is 9.81. The molecule has 0 unspecified atom stereocenters. The summed E-state index contributed by atoms with van der Waals surface area (Å²) < 4.78 is 16.2. The maximum absolute atomic E-state index is 6.44. The van der Waals surface area contributed by atoms with Gasteiger partial charge in [0.1, 0.15) is 0 Å². The molecule has 1 aliphatic heterocycles. The van der Waals surface area contributed by atoms with Crippen molar-refractivity contribution in [2.45, 2.75) is 38.1 Å². The lowest BCUT2D eigenvalue weighted by molar-refractivity contribution is 0.171. The van der Waals surface area contributed by atoms with Gasteiger partial charge < -0.3 is 19.9 Å². The molecule has 1 aromatic rings. The fourth-order valence-corrected chi connectivity index (χ4v) is 3.11. The SMILES string of the molecule is COc1cc([C@H](N)C2CCCCC2)cc2c1OCO2.Cl. The third-order valence-corrected chi connectivity index (χ3v) is 4.22. The van der Waals surface area contributed by atoms with E-state index in [0.29, 0.717) is 11.7 Å². The van der Waals surface area contributed by atoms with Gasteiger partial charge in [0.05, 0.1) is 7.11 Å². The van der Waals surface area contributed by atoms with Gasteiger partial charge in [0.25, 0.3) is 0 Å². The summed E-state index contributed by atoms with van der Waals surface area (Å²) in [6, 6.07) is 4.06. The summed E-state index contributed by atoms with van der Waals surface area (Å²) in [5, 5.41) is 0. The zero-order chi connectivity index (χ0) is 13.2. The summed E-state index contributed by atoms with van der Waals surface area (Å²) in [6.07, 6.45) is 6.36. The van der Waals surface area contributed by atoms with Crippen molar-refractivity contribution in [3.63, 3.8) is 0 Å². The Hall–Kier alpha value is -1.13. The molecule has 5 heteroatoms. The Balaban J connectivity index is 0.00000147. The Kier molecular flexibility index (Phi) is 5.00. The highest BCUT2D eigenvalue weighted by molar-refractivity contribution is 5.85. The molecular formula is C15H22ClNO3. The molecule has 2 N–H and O–H groups in total. The van der Waals surface area contributed by atoms with Crippen LogP contribution >= 0.6 is 12.4 Å². The lowest BCUT2D eigenvalue weighted by Gasteiger charge is -2.28. The molecular weight excluding hydrogens is 278 g/mol. The largest absolute Gasteiger partial charge is 0.493 e. The molecule has 1 fully saturated rings. The second-order valence-corrected chi connectivity index (χ2v) is 5.38. The number of hydrogen-bond donors (Lipinski definition) is 1. The Labute approximate surface area is 126 Å². The molecule has 0 bridgehead atoms. The number of nitrogens with two attached hydrogens (primary N) is 1. The van der Waals surface area contributed by atoms with E-state index in [-0.39, 0.29) is 25.2 Å². The van der Waals surface area contributed by atoms with Gasteiger partial charge >= 0.3 is 0 Å². The Morgan fingerprint density at radius 1 is 1.20 bits per heavy atom. The van der Waals surface area contributed by atoms with E-state index in [1.54, 1.807) is 7.11 Å². The van der Waals surface area contributed by atoms with Gasteiger partial charge in [-0.3, -0.25) is 0 Å². The van der Waals surface area contributed by atoms with Crippen LogP contribution in [0, 0.1) is 5.92 Å². The maximum atomic E-state index is 6.44. The van der Waals surface area contributed by atoms with E-state index in [0.717, 1.165) is 17.1 Å². The van der Waals surface area contributed by atoms with Crippen LogP contribution in [0.4, 0.5) is 0 Å². The predicted octanol–water partition coefficient (Wildman–Crippen LogP) is 3.43. The third kappa shape index (κ3) is 2.81. The van der Waals surface area contributed by atoms with Crippen LogP contribution in [-0.2, 0) is 0 Å². The van der Waals surface area contributed by atoms with Crippen molar-refractivity contribution in [3.8, 4) is 17.2 Å². The molecule has 1 aliphatic carbocycles. The Bertz CT molecular complexity index is 461. The van der Waals surface area contributed by atoms with Crippen molar-refractivity contribution >= 4 is 12.4 Å². The van der Waals surface area contributed by atoms with Crippen LogP contribution in [0.15, 0.2) is 12.1 Å². The van der Waals surface area contributed by atoms with Crippen LogP contribution in [-0.4, -0.2) is 13.9 Å². The minimum atomic E-state index is 0. The van der Waals surface area contributed by atoms with Crippen LogP contribution in [0.1, 0.15) is 43.7 Å². The molecule has 0 spiro atoms. The summed E-state index contributed by atoms with van der Waals surface area (Å²) in [5.74, 6) is 2.73. The zero-order valence-corrected chi connectivity index (χ0v) is 12.6. The first-order chi connectivity index (χ1) is 9.29. The molecule has 1 aromatic carbocycles. The summed E-state index contributed by atoms with van der Waals surface area (Å²) in [5.41, 5.74) is 7.53. The number of rotatable bonds is 3. The van der Waals surface area contributed by atoms with Crippen molar-refractivity contribution in [2.24, 2.45) is 11.7 Å². The van der Waals surface area contributed by atoms with Crippen molar-refractivity contribution in [1.82, 2.24) is 0 Å². The first kappa shape index (κ1) is 15.3. The Morgan fingerprint density at radius 2 is 1.95 bits per heavy atom. The quantitative estimate of drug-likeness (QED) is 0.929. The van der Waals surface area contributed by atoms with Gasteiger partial charge in [-0.2, -0.15) is 0 Å². The number of hydrogen-bond acceptors (Lipinski definition) is 4. The van der Waals surface area contributed by atoms with E-state index in [4.69, 9.17) is 19.9 Å². The van der Waals surface area contributed by atoms with Crippen LogP contribution in [0.3, 0.4) is 0 Å². The minimum Gasteiger partial charge on any atom is -0.493 e. The van der Waals surface area contributed by atoms with Gasteiger partial charge in [0.2, 0.25) is 12.5 Å². The average Bonchev–Trinajstić information content (AvgIpc) is 2.94. The molecule has 1 heterocycles. The zero-order valence-electron chi connectivity index (χ0n) is 11.8. The first-order valence-corrected chi connectivity index (χ1v) is 7.02. The minimum absolute atomic E-state index is 0. The van der Waals surface area contributed by atoms with Crippen molar-refractivity contribution in [2.75, 3.05) is 13.9 Å². The van der Waals surface area contributed by atoms with Gasteiger partial charge in [-0.25, -0.2) is 0 Å². The molecule has 0 amide bonds. The van der Waals surface area contributed by atoms with Gasteiger partial charge in [-0.05, 0) is 36.5 Å². The standard InChI is InChI=1S/C15H21NO3.ClH/c1-17-12-7-11(8-13-15(12)19-9-18-13)14(16)10-5-3-2-4-6-10;/h7-8,10,14H,2-6,9,16H2,1H3;1H/t14-;/m1./s1. The highest BCUT2D eigenvalue weighted by Crippen LogP contribution is 2.44. The van der Waals surface area contributed by atoms with Crippen LogP contribution in [0.25, 0.3) is 0 Å². The van der Waals surface area contributed by atoms with Gasteiger partial charge in [0, 0.05) is 6.04 Å². The van der Waals surface area contributed by atoms with Gasteiger partial charge in [-0.1, -0.05) is 19.3 Å². The van der Waals surface area contributed by atoms with Crippen molar-refractivity contribution in [1.29, 1.82) is 0 Å². The summed E-state index contributed by atoms with van der Waals surface area (Å²) in [4.78, 5) is 0. The molecule has 1 saturated carbocycles. The molecule has 0 saturated heterocycles. The lowest BCUT2D eigenvalue weighted by Crippen LogP contribution is -2.23. The number of fused-ring (bicyclic) bond motifs is 1. The maximum Gasteiger partial charge on any atom is 0.231 e. The fraction of sp³-hybridized carbons (Fsp3) is 0.600. The molecule has 20 heavy (non-hydrogen) atoms. The smallest absolute Gasteiger partial charge is 0.231 e. The fourth-order valence-electron chi connectivity index (χ4n) is 3.11. The van der Waals surface area contributed by atoms with Crippen LogP contribution in [0.2, 0.25) is 0 Å². The van der Waals surface area contributed by atoms with Crippen molar-refractivity contribution < 1.29 is 14.2 Å². The predicted molar refractivity (Wildman–Crippen MR) is 79.9 cm³/mol. The second kappa shape index (κ2) is 6.55. The molecule has 3 rings (SSSR count). The highest BCUT2D eigenvalue weighted by Gasteiger charge is 2.26. The van der Waals surface area contributed by atoms with Gasteiger partial charge in [-0.15, -0.1) is 12.4 Å². The summed E-state index contributed by atoms with van der Waals surface area (Å²) in [6.45, 7) is 0.258. The van der Waals surface area contributed by atoms with Crippen molar-refractivity contribution in [3.05, 3.63) is 17.7 Å². The van der Waals surface area contributed by atoms with E-state index in [9.17, 15) is 0 Å². The third-order valence-electron chi connectivity index (χ3n) is 4.22. The summed E-state index contributed by atoms with van der Waals surface area (Å²) >= 11 is 0. The van der Waals surface area contributed by atoms with E-state index in [1.807, 2.05) is 12.1 Å². The van der Waals surface area contributed by atoms with E-state index in [2.05, 4.69) is 0 Å². The number of methoxy groups -OCH3 is 1. The average molecular weight is 300 g/mol. The van der Waals surface area contributed by atoms with Crippen LogP contribution < -0.4 is 19.9 Å². The highest BCUT2D eigenvalue weighted by atomic mass is 35.5. The Morgan fingerprint density at radius 3 is 2.65 bits per heavy atom. The monoisotopic (exact) mass is 299 g/mol. The van der Waals surface area contributed by atoms with E-state index in [1.165, 1.54) is 32.1 Å². The molecule has 4 nitrogen and oxygen atoms in total. The summed E-state index contributed by atoms with van der Waals surface area (Å²) in [7, 11) is 1.65. The molecule has 1 atom stereocenters. The second-order valence-electron chi connectivity index (χ2n) is 5.38. The molecule has 0 aromatic heterocycles. The van der Waals surface area contributed by atoms with E-state index < -0.39 is 0 Å². The first-order valence-electron chi connectivity index (χ1n) is 7.02.